The predicted octanol–water partition coefficient (Wildman–Crippen LogP) is 3.62. The minimum Gasteiger partial charge on any atom is -0.397 e. The molecule has 2 rings (SSSR count). The van der Waals surface area contributed by atoms with Crippen LogP contribution >= 0.6 is 34.7 Å². The van der Waals surface area contributed by atoms with E-state index in [9.17, 15) is 4.79 Å². The smallest absolute Gasteiger partial charge is 0.263 e. The lowest BCUT2D eigenvalue weighted by atomic mass is 10.2. The molecule has 102 valence electrons. The maximum Gasteiger partial charge on any atom is 0.263 e. The van der Waals surface area contributed by atoms with Crippen LogP contribution < -0.4 is 11.1 Å². The third-order valence-electron chi connectivity index (χ3n) is 2.71. The molecule has 1 amide bonds. The highest BCUT2D eigenvalue weighted by molar-refractivity contribution is 7.98. The molecule has 0 saturated heterocycles. The van der Waals surface area contributed by atoms with Gasteiger partial charge in [0.05, 0.1) is 5.69 Å². The van der Waals surface area contributed by atoms with Crippen LogP contribution in [0.1, 0.15) is 16.1 Å². The van der Waals surface area contributed by atoms with Crippen molar-refractivity contribution in [3.05, 3.63) is 28.1 Å². The van der Waals surface area contributed by atoms with Crippen LogP contribution in [0.4, 0.5) is 5.69 Å². The Morgan fingerprint density at radius 2 is 2.32 bits per heavy atom. The van der Waals surface area contributed by atoms with Crippen molar-refractivity contribution < 1.29 is 4.79 Å². The fraction of sp³-hybridized carbons (Fsp3) is 0.308. The summed E-state index contributed by atoms with van der Waals surface area (Å²) >= 11 is 9.12. The van der Waals surface area contributed by atoms with E-state index in [2.05, 4.69) is 11.6 Å². The first-order valence-corrected chi connectivity index (χ1v) is 8.47. The zero-order valence-corrected chi connectivity index (χ0v) is 12.9. The van der Waals surface area contributed by atoms with Crippen molar-refractivity contribution >= 4 is 56.4 Å². The zero-order chi connectivity index (χ0) is 13.8. The van der Waals surface area contributed by atoms with Gasteiger partial charge in [0.2, 0.25) is 0 Å². The number of hydrogen-bond donors (Lipinski definition) is 2. The van der Waals surface area contributed by atoms with Crippen molar-refractivity contribution in [3.8, 4) is 0 Å². The summed E-state index contributed by atoms with van der Waals surface area (Å²) in [7, 11) is 0. The quantitative estimate of drug-likeness (QED) is 0.829. The minimum atomic E-state index is -0.101. The number of thiophene rings is 1. The van der Waals surface area contributed by atoms with Crippen LogP contribution in [-0.4, -0.2) is 24.5 Å². The van der Waals surface area contributed by atoms with Gasteiger partial charge in [-0.05, 0) is 36.6 Å². The highest BCUT2D eigenvalue weighted by Crippen LogP contribution is 2.35. The summed E-state index contributed by atoms with van der Waals surface area (Å²) < 4.78 is 0.983. The summed E-state index contributed by atoms with van der Waals surface area (Å²) in [6.45, 7) is 0.675. The van der Waals surface area contributed by atoms with Gasteiger partial charge in [0.15, 0.2) is 0 Å². The van der Waals surface area contributed by atoms with Crippen LogP contribution in [0.3, 0.4) is 0 Å². The number of nitrogens with one attached hydrogen (secondary N) is 1. The summed E-state index contributed by atoms with van der Waals surface area (Å²) in [6.07, 6.45) is 3.01. The summed E-state index contributed by atoms with van der Waals surface area (Å²) in [4.78, 5) is 12.6. The molecule has 0 fully saturated rings. The van der Waals surface area contributed by atoms with Crippen molar-refractivity contribution in [2.24, 2.45) is 0 Å². The van der Waals surface area contributed by atoms with Gasteiger partial charge in [-0.1, -0.05) is 11.6 Å². The maximum atomic E-state index is 12.1. The van der Waals surface area contributed by atoms with Crippen LogP contribution in [0.15, 0.2) is 18.2 Å². The maximum absolute atomic E-state index is 12.1. The van der Waals surface area contributed by atoms with E-state index < -0.39 is 0 Å². The van der Waals surface area contributed by atoms with Crippen molar-refractivity contribution in [1.29, 1.82) is 0 Å². The lowest BCUT2D eigenvalue weighted by molar-refractivity contribution is 0.0958. The van der Waals surface area contributed by atoms with Gasteiger partial charge in [-0.3, -0.25) is 4.79 Å². The molecule has 3 nitrogen and oxygen atoms in total. The second-order valence-electron chi connectivity index (χ2n) is 4.09. The standard InChI is InChI=1S/C13H15ClN2OS2/c1-18-6-2-5-16-13(17)12-11(15)9-7-8(14)3-4-10(9)19-12/h3-4,7H,2,5-6,15H2,1H3,(H,16,17). The third kappa shape index (κ3) is 3.35. The molecular formula is C13H15ClN2OS2. The molecule has 0 aliphatic heterocycles. The highest BCUT2D eigenvalue weighted by atomic mass is 35.5. The number of anilines is 1. The number of hydrogen-bond acceptors (Lipinski definition) is 4. The van der Waals surface area contributed by atoms with Gasteiger partial charge in [-0.25, -0.2) is 0 Å². The minimum absolute atomic E-state index is 0.101. The van der Waals surface area contributed by atoms with E-state index in [1.165, 1.54) is 11.3 Å². The molecule has 0 aliphatic rings. The lowest BCUT2D eigenvalue weighted by Crippen LogP contribution is -2.24. The first kappa shape index (κ1) is 14.5. The van der Waals surface area contributed by atoms with Crippen LogP contribution in [0.5, 0.6) is 0 Å². The Morgan fingerprint density at radius 3 is 3.05 bits per heavy atom. The van der Waals surface area contributed by atoms with Gasteiger partial charge in [-0.2, -0.15) is 11.8 Å². The lowest BCUT2D eigenvalue weighted by Gasteiger charge is -2.03. The molecule has 2 aromatic rings. The monoisotopic (exact) mass is 314 g/mol. The Kier molecular flexibility index (Phi) is 4.96. The third-order valence-corrected chi connectivity index (χ3v) is 4.82. The zero-order valence-electron chi connectivity index (χ0n) is 10.5. The SMILES string of the molecule is CSCCCNC(=O)c1sc2ccc(Cl)cc2c1N. The van der Waals surface area contributed by atoms with Gasteiger partial charge in [0.1, 0.15) is 4.88 Å². The number of amides is 1. The van der Waals surface area contributed by atoms with Crippen LogP contribution in [0, 0.1) is 0 Å². The fourth-order valence-electron chi connectivity index (χ4n) is 1.76. The topological polar surface area (TPSA) is 55.1 Å². The van der Waals surface area contributed by atoms with E-state index in [1.54, 1.807) is 23.9 Å². The molecule has 0 radical (unpaired) electrons. The second kappa shape index (κ2) is 6.50. The van der Waals surface area contributed by atoms with E-state index in [4.69, 9.17) is 17.3 Å². The molecule has 1 aromatic heterocycles. The Balaban J connectivity index is 2.16. The summed E-state index contributed by atoms with van der Waals surface area (Å²) in [5.41, 5.74) is 6.54. The number of carbonyl (C=O) groups is 1. The van der Waals surface area contributed by atoms with Gasteiger partial charge in [0.25, 0.3) is 5.91 Å². The number of nitrogen functional groups attached to an aromatic ring is 1. The number of rotatable bonds is 5. The Morgan fingerprint density at radius 1 is 1.53 bits per heavy atom. The van der Waals surface area contributed by atoms with Gasteiger partial charge in [-0.15, -0.1) is 11.3 Å². The first-order chi connectivity index (χ1) is 9.13. The predicted molar refractivity (Wildman–Crippen MR) is 86.6 cm³/mol. The van der Waals surface area contributed by atoms with E-state index >= 15 is 0 Å². The molecule has 1 aromatic carbocycles. The van der Waals surface area contributed by atoms with Crippen LogP contribution in [0.25, 0.3) is 10.1 Å². The van der Waals surface area contributed by atoms with E-state index in [-0.39, 0.29) is 5.91 Å². The Hall–Kier alpha value is -0.910. The van der Waals surface area contributed by atoms with E-state index in [0.29, 0.717) is 22.1 Å². The number of fused-ring (bicyclic) bond motifs is 1. The Labute approximate surface area is 125 Å². The number of thioether (sulfide) groups is 1. The number of carbonyl (C=O) groups excluding carboxylic acids is 1. The van der Waals surface area contributed by atoms with Gasteiger partial charge < -0.3 is 11.1 Å². The van der Waals surface area contributed by atoms with Crippen molar-refractivity contribution in [2.45, 2.75) is 6.42 Å². The average molecular weight is 315 g/mol. The molecule has 0 spiro atoms. The van der Waals surface area contributed by atoms with Crippen molar-refractivity contribution in [3.63, 3.8) is 0 Å². The first-order valence-electron chi connectivity index (χ1n) is 5.88. The van der Waals surface area contributed by atoms with E-state index in [1.807, 2.05) is 6.07 Å². The normalized spacial score (nSPS) is 10.8. The second-order valence-corrected chi connectivity index (χ2v) is 6.56. The van der Waals surface area contributed by atoms with Crippen LogP contribution in [-0.2, 0) is 0 Å². The molecule has 1 heterocycles. The largest absolute Gasteiger partial charge is 0.397 e. The number of benzene rings is 1. The molecular weight excluding hydrogens is 300 g/mol. The molecule has 19 heavy (non-hydrogen) atoms. The summed E-state index contributed by atoms with van der Waals surface area (Å²) in [5.74, 6) is 0.938. The molecule has 0 bridgehead atoms. The molecule has 6 heteroatoms. The fourth-order valence-corrected chi connectivity index (χ4v) is 3.38. The molecule has 0 saturated carbocycles. The van der Waals surface area contributed by atoms with Gasteiger partial charge in [0, 0.05) is 21.7 Å². The molecule has 0 atom stereocenters. The summed E-state index contributed by atoms with van der Waals surface area (Å²) in [6, 6.07) is 5.50. The highest BCUT2D eigenvalue weighted by Gasteiger charge is 2.15. The van der Waals surface area contributed by atoms with E-state index in [0.717, 1.165) is 22.3 Å². The molecule has 3 N–H and O–H groups in total. The van der Waals surface area contributed by atoms with Crippen LogP contribution in [0.2, 0.25) is 5.02 Å². The average Bonchev–Trinajstić information content (AvgIpc) is 2.72. The van der Waals surface area contributed by atoms with Gasteiger partial charge >= 0.3 is 0 Å². The van der Waals surface area contributed by atoms with Crippen molar-refractivity contribution in [2.75, 3.05) is 24.3 Å². The molecule has 0 aliphatic carbocycles. The molecule has 0 unspecified atom stereocenters. The number of halogens is 1. The Bertz CT molecular complexity index is 598. The number of nitrogens with two attached hydrogens (primary N) is 1. The summed E-state index contributed by atoms with van der Waals surface area (Å²) in [5, 5.41) is 4.38. The van der Waals surface area contributed by atoms with Crippen molar-refractivity contribution in [1.82, 2.24) is 5.32 Å².